The Labute approximate surface area is 118 Å². The summed E-state index contributed by atoms with van der Waals surface area (Å²) < 4.78 is 5.47. The second-order valence-electron chi connectivity index (χ2n) is 4.96. The second kappa shape index (κ2) is 4.85. The Morgan fingerprint density at radius 2 is 1.80 bits per heavy atom. The van der Waals surface area contributed by atoms with Crippen LogP contribution in [-0.4, -0.2) is 5.16 Å². The van der Waals surface area contributed by atoms with Crippen LogP contribution in [-0.2, 0) is 0 Å². The highest BCUT2D eigenvalue weighted by Crippen LogP contribution is 2.38. The van der Waals surface area contributed by atoms with Crippen molar-refractivity contribution in [1.82, 2.24) is 5.16 Å². The molecule has 0 aliphatic carbocycles. The molecule has 0 radical (unpaired) electrons. The van der Waals surface area contributed by atoms with E-state index >= 15 is 0 Å². The number of nitrogens with zero attached hydrogens (tertiary/aromatic N) is 1. The van der Waals surface area contributed by atoms with Gasteiger partial charge in [0.1, 0.15) is 0 Å². The molecule has 3 nitrogen and oxygen atoms in total. The van der Waals surface area contributed by atoms with Gasteiger partial charge in [0.2, 0.25) is 0 Å². The number of nitrogens with two attached hydrogens (primary N) is 1. The smallest absolute Gasteiger partial charge is 0.176 e. The van der Waals surface area contributed by atoms with E-state index in [0.29, 0.717) is 5.82 Å². The normalized spacial score (nSPS) is 10.7. The van der Waals surface area contributed by atoms with E-state index in [1.807, 2.05) is 30.3 Å². The highest BCUT2D eigenvalue weighted by molar-refractivity contribution is 5.87. The molecule has 2 N–H and O–H groups in total. The highest BCUT2D eigenvalue weighted by atomic mass is 16.5. The van der Waals surface area contributed by atoms with Crippen LogP contribution in [0.15, 0.2) is 53.1 Å². The number of aromatic nitrogens is 1. The molecule has 20 heavy (non-hydrogen) atoms. The summed E-state index contributed by atoms with van der Waals surface area (Å²) in [4.78, 5) is 0. The number of hydrogen-bond acceptors (Lipinski definition) is 3. The number of rotatable bonds is 2. The maximum Gasteiger partial charge on any atom is 0.176 e. The summed E-state index contributed by atoms with van der Waals surface area (Å²) in [5, 5.41) is 3.94. The molecule has 3 rings (SSSR count). The van der Waals surface area contributed by atoms with E-state index in [4.69, 9.17) is 10.3 Å². The zero-order valence-electron chi connectivity index (χ0n) is 11.6. The summed E-state index contributed by atoms with van der Waals surface area (Å²) in [5.41, 5.74) is 11.3. The molecule has 0 saturated heterocycles. The van der Waals surface area contributed by atoms with Crippen molar-refractivity contribution < 1.29 is 4.52 Å². The maximum atomic E-state index is 6.01. The van der Waals surface area contributed by atoms with E-state index in [0.717, 1.165) is 28.0 Å². The summed E-state index contributed by atoms with van der Waals surface area (Å²) >= 11 is 0. The Hall–Kier alpha value is -2.55. The van der Waals surface area contributed by atoms with Gasteiger partial charge in [-0.15, -0.1) is 0 Å². The number of benzene rings is 2. The molecule has 0 fully saturated rings. The zero-order valence-corrected chi connectivity index (χ0v) is 11.6. The van der Waals surface area contributed by atoms with E-state index in [-0.39, 0.29) is 0 Å². The van der Waals surface area contributed by atoms with Crippen LogP contribution in [0.3, 0.4) is 0 Å². The zero-order chi connectivity index (χ0) is 14.1. The number of hydrogen-bond donors (Lipinski definition) is 1. The summed E-state index contributed by atoms with van der Waals surface area (Å²) in [6.07, 6.45) is 0. The minimum Gasteiger partial charge on any atom is -0.380 e. The molecule has 3 aromatic rings. The van der Waals surface area contributed by atoms with Crippen LogP contribution in [0.4, 0.5) is 5.82 Å². The molecule has 0 amide bonds. The molecule has 1 aromatic heterocycles. The molecule has 0 aliphatic heterocycles. The van der Waals surface area contributed by atoms with Crippen molar-refractivity contribution in [3.63, 3.8) is 0 Å². The van der Waals surface area contributed by atoms with Crippen LogP contribution in [0.1, 0.15) is 11.1 Å². The largest absolute Gasteiger partial charge is 0.380 e. The lowest BCUT2D eigenvalue weighted by Gasteiger charge is -2.06. The molecule has 0 bridgehead atoms. The Bertz CT molecular complexity index is 759. The van der Waals surface area contributed by atoms with Crippen LogP contribution in [0.25, 0.3) is 22.5 Å². The third-order valence-corrected chi connectivity index (χ3v) is 3.41. The molecular weight excluding hydrogens is 248 g/mol. The van der Waals surface area contributed by atoms with Gasteiger partial charge in [0, 0.05) is 5.56 Å². The van der Waals surface area contributed by atoms with Gasteiger partial charge >= 0.3 is 0 Å². The Kier molecular flexibility index (Phi) is 3.03. The molecule has 0 aliphatic rings. The first-order valence-electron chi connectivity index (χ1n) is 6.55. The predicted octanol–water partition coefficient (Wildman–Crippen LogP) is 4.21. The Morgan fingerprint density at radius 1 is 1.00 bits per heavy atom. The van der Waals surface area contributed by atoms with Crippen LogP contribution in [0, 0.1) is 13.8 Å². The fraction of sp³-hybridized carbons (Fsp3) is 0.118. The minimum absolute atomic E-state index is 0.427. The number of aryl methyl sites for hydroxylation is 2. The third kappa shape index (κ3) is 2.07. The van der Waals surface area contributed by atoms with Gasteiger partial charge in [-0.3, -0.25) is 0 Å². The maximum absolute atomic E-state index is 6.01. The SMILES string of the molecule is Cc1cccc(-c2onc(N)c2-c2ccccc2C)c1. The lowest BCUT2D eigenvalue weighted by molar-refractivity contribution is 0.436. The van der Waals surface area contributed by atoms with Gasteiger partial charge < -0.3 is 10.3 Å². The van der Waals surface area contributed by atoms with Gasteiger partial charge in [-0.05, 0) is 31.0 Å². The van der Waals surface area contributed by atoms with Crippen LogP contribution >= 0.6 is 0 Å². The van der Waals surface area contributed by atoms with Crippen molar-refractivity contribution in [1.29, 1.82) is 0 Å². The summed E-state index contributed by atoms with van der Waals surface area (Å²) in [7, 11) is 0. The van der Waals surface area contributed by atoms with Crippen LogP contribution in [0.5, 0.6) is 0 Å². The Morgan fingerprint density at radius 3 is 2.55 bits per heavy atom. The van der Waals surface area contributed by atoms with Crippen molar-refractivity contribution in [3.8, 4) is 22.5 Å². The fourth-order valence-electron chi connectivity index (χ4n) is 2.40. The molecule has 1 heterocycles. The molecular formula is C17H16N2O. The van der Waals surface area contributed by atoms with Gasteiger partial charge in [-0.2, -0.15) is 0 Å². The van der Waals surface area contributed by atoms with E-state index in [9.17, 15) is 0 Å². The van der Waals surface area contributed by atoms with Gasteiger partial charge in [-0.25, -0.2) is 0 Å². The van der Waals surface area contributed by atoms with Crippen LogP contribution in [0.2, 0.25) is 0 Å². The fourth-order valence-corrected chi connectivity index (χ4v) is 2.40. The monoisotopic (exact) mass is 264 g/mol. The first-order chi connectivity index (χ1) is 9.66. The van der Waals surface area contributed by atoms with Gasteiger partial charge in [0.15, 0.2) is 11.6 Å². The summed E-state index contributed by atoms with van der Waals surface area (Å²) in [5.74, 6) is 1.15. The lowest BCUT2D eigenvalue weighted by atomic mass is 9.97. The average molecular weight is 264 g/mol. The highest BCUT2D eigenvalue weighted by Gasteiger charge is 2.18. The molecule has 3 heteroatoms. The quantitative estimate of drug-likeness (QED) is 0.754. The molecule has 0 saturated carbocycles. The number of nitrogen functional groups attached to an aromatic ring is 1. The van der Waals surface area contributed by atoms with Gasteiger partial charge in [-0.1, -0.05) is 53.2 Å². The molecule has 0 unspecified atom stereocenters. The topological polar surface area (TPSA) is 52.0 Å². The molecule has 2 aromatic carbocycles. The van der Waals surface area contributed by atoms with E-state index in [1.165, 1.54) is 5.56 Å². The minimum atomic E-state index is 0.427. The molecule has 0 atom stereocenters. The summed E-state index contributed by atoms with van der Waals surface area (Å²) in [6.45, 7) is 4.11. The second-order valence-corrected chi connectivity index (χ2v) is 4.96. The Balaban J connectivity index is 2.23. The average Bonchev–Trinajstić information content (AvgIpc) is 2.81. The van der Waals surface area contributed by atoms with E-state index < -0.39 is 0 Å². The first-order valence-corrected chi connectivity index (χ1v) is 6.55. The predicted molar refractivity (Wildman–Crippen MR) is 81.3 cm³/mol. The van der Waals surface area contributed by atoms with Crippen molar-refractivity contribution in [2.24, 2.45) is 0 Å². The first kappa shape index (κ1) is 12.5. The standard InChI is InChI=1S/C17H16N2O/c1-11-6-5-8-13(10-11)16-15(17(18)19-20-16)14-9-4-3-7-12(14)2/h3-10H,1-2H3,(H2,18,19). The summed E-state index contributed by atoms with van der Waals surface area (Å²) in [6, 6.07) is 16.2. The number of anilines is 1. The molecule has 100 valence electrons. The van der Waals surface area contributed by atoms with E-state index in [1.54, 1.807) is 0 Å². The van der Waals surface area contributed by atoms with Crippen molar-refractivity contribution in [2.45, 2.75) is 13.8 Å². The van der Waals surface area contributed by atoms with E-state index in [2.05, 4.69) is 37.2 Å². The van der Waals surface area contributed by atoms with Crippen molar-refractivity contribution in [2.75, 3.05) is 5.73 Å². The van der Waals surface area contributed by atoms with Crippen molar-refractivity contribution in [3.05, 3.63) is 59.7 Å². The van der Waals surface area contributed by atoms with Gasteiger partial charge in [0.05, 0.1) is 5.56 Å². The lowest BCUT2D eigenvalue weighted by Crippen LogP contribution is -1.91. The third-order valence-electron chi connectivity index (χ3n) is 3.41. The molecule has 0 spiro atoms. The van der Waals surface area contributed by atoms with Crippen LogP contribution < -0.4 is 5.73 Å². The van der Waals surface area contributed by atoms with Gasteiger partial charge in [0.25, 0.3) is 0 Å². The van der Waals surface area contributed by atoms with Crippen molar-refractivity contribution >= 4 is 5.82 Å².